The third-order valence-electron chi connectivity index (χ3n) is 1.49. The van der Waals surface area contributed by atoms with Gasteiger partial charge in [0.05, 0.1) is 18.3 Å². The number of hydrogen-bond donors (Lipinski definition) is 0. The third-order valence-corrected chi connectivity index (χ3v) is 1.49. The summed E-state index contributed by atoms with van der Waals surface area (Å²) >= 11 is 0. The fourth-order valence-corrected chi connectivity index (χ4v) is 0.774. The maximum atomic E-state index is 5.33. The van der Waals surface area contributed by atoms with Crippen LogP contribution < -0.4 is 0 Å². The standard InChI is InChI=1S/C12H26O5/c1-7-8-9-13-15-11(14-10(2)3)16-17-12(4,5)6/h10-11H,7-9H2,1-6H3. The lowest BCUT2D eigenvalue weighted by molar-refractivity contribution is -0.538. The summed E-state index contributed by atoms with van der Waals surface area (Å²) in [6.07, 6.45) is 1.92. The van der Waals surface area contributed by atoms with Gasteiger partial charge in [0.2, 0.25) is 0 Å². The smallest absolute Gasteiger partial charge is 0.324 e. The summed E-state index contributed by atoms with van der Waals surface area (Å²) in [5.74, 6) is 0. The molecule has 0 aliphatic carbocycles. The summed E-state index contributed by atoms with van der Waals surface area (Å²) in [6, 6.07) is 0. The molecule has 0 amide bonds. The molecule has 5 heteroatoms. The van der Waals surface area contributed by atoms with Gasteiger partial charge in [-0.15, -0.1) is 0 Å². The Balaban J connectivity index is 3.88. The first-order valence-electron chi connectivity index (χ1n) is 6.13. The summed E-state index contributed by atoms with van der Waals surface area (Å²) < 4.78 is 5.33. The average molecular weight is 250 g/mol. The van der Waals surface area contributed by atoms with Gasteiger partial charge in [0, 0.05) is 0 Å². The van der Waals surface area contributed by atoms with Crippen molar-refractivity contribution >= 4 is 0 Å². The Bertz CT molecular complexity index is 176. The van der Waals surface area contributed by atoms with Gasteiger partial charge in [-0.2, -0.15) is 9.78 Å². The first-order valence-corrected chi connectivity index (χ1v) is 6.13. The zero-order valence-electron chi connectivity index (χ0n) is 11.8. The van der Waals surface area contributed by atoms with Crippen molar-refractivity contribution in [1.82, 2.24) is 0 Å². The molecule has 0 heterocycles. The first kappa shape index (κ1) is 16.8. The minimum absolute atomic E-state index is 0.0432. The second-order valence-electron chi connectivity index (χ2n) is 5.04. The SMILES string of the molecule is CCCCOOC(OOC(C)(C)C)OC(C)C. The monoisotopic (exact) mass is 250 g/mol. The minimum Gasteiger partial charge on any atom is -0.324 e. The van der Waals surface area contributed by atoms with Crippen LogP contribution in [0.5, 0.6) is 0 Å². The maximum Gasteiger partial charge on any atom is 0.329 e. The van der Waals surface area contributed by atoms with E-state index in [9.17, 15) is 0 Å². The lowest BCUT2D eigenvalue weighted by Gasteiger charge is -2.23. The van der Waals surface area contributed by atoms with Crippen LogP contribution in [0.4, 0.5) is 0 Å². The van der Waals surface area contributed by atoms with Gasteiger partial charge in [0.1, 0.15) is 0 Å². The molecule has 0 radical (unpaired) electrons. The summed E-state index contributed by atoms with van der Waals surface area (Å²) in [5, 5.41) is 0. The van der Waals surface area contributed by atoms with E-state index in [1.54, 1.807) is 0 Å². The molecule has 0 saturated carbocycles. The van der Waals surface area contributed by atoms with E-state index < -0.39 is 12.1 Å². The van der Waals surface area contributed by atoms with Crippen molar-refractivity contribution < 1.29 is 24.3 Å². The van der Waals surface area contributed by atoms with Gasteiger partial charge in [-0.05, 0) is 41.0 Å². The van der Waals surface area contributed by atoms with Crippen molar-refractivity contribution in [2.45, 2.75) is 72.6 Å². The lowest BCUT2D eigenvalue weighted by atomic mass is 10.2. The predicted octanol–water partition coefficient (Wildman–Crippen LogP) is 3.19. The molecule has 0 N–H and O–H groups in total. The van der Waals surface area contributed by atoms with Crippen LogP contribution in [0.2, 0.25) is 0 Å². The molecule has 1 atom stereocenters. The molecule has 0 aliphatic rings. The number of ether oxygens (including phenoxy) is 1. The Morgan fingerprint density at radius 3 is 2.18 bits per heavy atom. The topological polar surface area (TPSA) is 46.2 Å². The van der Waals surface area contributed by atoms with Crippen LogP contribution in [0, 0.1) is 0 Å². The van der Waals surface area contributed by atoms with Crippen LogP contribution in [-0.2, 0) is 24.3 Å². The van der Waals surface area contributed by atoms with Gasteiger partial charge in [-0.1, -0.05) is 13.3 Å². The van der Waals surface area contributed by atoms with E-state index in [4.69, 9.17) is 24.3 Å². The van der Waals surface area contributed by atoms with Crippen molar-refractivity contribution in [3.8, 4) is 0 Å². The molecule has 17 heavy (non-hydrogen) atoms. The molecule has 0 aromatic carbocycles. The Morgan fingerprint density at radius 1 is 1.06 bits per heavy atom. The summed E-state index contributed by atoms with van der Waals surface area (Å²) in [4.78, 5) is 20.1. The van der Waals surface area contributed by atoms with E-state index in [-0.39, 0.29) is 6.10 Å². The summed E-state index contributed by atoms with van der Waals surface area (Å²) in [7, 11) is 0. The molecule has 0 aromatic heterocycles. The number of rotatable bonds is 9. The number of unbranched alkanes of at least 4 members (excludes halogenated alkanes) is 1. The molecule has 5 nitrogen and oxygen atoms in total. The van der Waals surface area contributed by atoms with Gasteiger partial charge in [-0.25, -0.2) is 9.78 Å². The quantitative estimate of drug-likeness (QED) is 0.272. The highest BCUT2D eigenvalue weighted by Gasteiger charge is 2.20. The van der Waals surface area contributed by atoms with E-state index in [1.807, 2.05) is 34.6 Å². The second-order valence-corrected chi connectivity index (χ2v) is 5.04. The summed E-state index contributed by atoms with van der Waals surface area (Å²) in [5.41, 5.74) is -0.425. The van der Waals surface area contributed by atoms with Gasteiger partial charge < -0.3 is 4.74 Å². The van der Waals surface area contributed by atoms with Gasteiger partial charge in [-0.3, -0.25) is 0 Å². The van der Waals surface area contributed by atoms with Crippen LogP contribution in [0.25, 0.3) is 0 Å². The fraction of sp³-hybridized carbons (Fsp3) is 1.00. The molecule has 0 spiro atoms. The highest BCUT2D eigenvalue weighted by Crippen LogP contribution is 2.12. The first-order chi connectivity index (χ1) is 7.85. The van der Waals surface area contributed by atoms with Crippen LogP contribution in [0.1, 0.15) is 54.4 Å². The molecule has 104 valence electrons. The van der Waals surface area contributed by atoms with E-state index in [2.05, 4.69) is 6.92 Å². The van der Waals surface area contributed by atoms with Crippen molar-refractivity contribution in [2.75, 3.05) is 6.61 Å². The van der Waals surface area contributed by atoms with E-state index >= 15 is 0 Å². The lowest BCUT2D eigenvalue weighted by Crippen LogP contribution is -2.30. The van der Waals surface area contributed by atoms with E-state index in [1.165, 1.54) is 0 Å². The van der Waals surface area contributed by atoms with Crippen molar-refractivity contribution in [2.24, 2.45) is 0 Å². The molecule has 0 aliphatic heterocycles. The van der Waals surface area contributed by atoms with Gasteiger partial charge in [0.25, 0.3) is 0 Å². The Kier molecular flexibility index (Phi) is 8.72. The minimum atomic E-state index is -0.967. The molecule has 0 fully saturated rings. The zero-order valence-corrected chi connectivity index (χ0v) is 11.8. The van der Waals surface area contributed by atoms with Crippen LogP contribution in [0.3, 0.4) is 0 Å². The van der Waals surface area contributed by atoms with Crippen molar-refractivity contribution in [1.29, 1.82) is 0 Å². The molecule has 0 rings (SSSR count). The highest BCUT2D eigenvalue weighted by molar-refractivity contribution is 4.54. The fourth-order valence-electron chi connectivity index (χ4n) is 0.774. The molecule has 0 saturated heterocycles. The van der Waals surface area contributed by atoms with Crippen LogP contribution in [0.15, 0.2) is 0 Å². The average Bonchev–Trinajstić information content (AvgIpc) is 2.18. The zero-order chi connectivity index (χ0) is 13.3. The van der Waals surface area contributed by atoms with Crippen molar-refractivity contribution in [3.05, 3.63) is 0 Å². The summed E-state index contributed by atoms with van der Waals surface area (Å²) in [6.45, 7) is 11.0. The molecule has 1 unspecified atom stereocenters. The number of hydrogen-bond acceptors (Lipinski definition) is 5. The third kappa shape index (κ3) is 12.1. The Morgan fingerprint density at radius 2 is 1.71 bits per heavy atom. The molecular formula is C12H26O5. The molecule has 0 aromatic rings. The van der Waals surface area contributed by atoms with Gasteiger partial charge >= 0.3 is 6.48 Å². The van der Waals surface area contributed by atoms with Crippen molar-refractivity contribution in [3.63, 3.8) is 0 Å². The van der Waals surface area contributed by atoms with Gasteiger partial charge in [0.15, 0.2) is 0 Å². The highest BCUT2D eigenvalue weighted by atomic mass is 17.3. The second kappa shape index (κ2) is 8.83. The predicted molar refractivity (Wildman–Crippen MR) is 63.9 cm³/mol. The molecule has 0 bridgehead atoms. The van der Waals surface area contributed by atoms with E-state index in [0.29, 0.717) is 6.61 Å². The Hall–Kier alpha value is -0.200. The molecular weight excluding hydrogens is 224 g/mol. The normalized spacial score (nSPS) is 14.3. The van der Waals surface area contributed by atoms with E-state index in [0.717, 1.165) is 12.8 Å². The Labute approximate surface area is 104 Å². The maximum absolute atomic E-state index is 5.33. The largest absolute Gasteiger partial charge is 0.329 e. The van der Waals surface area contributed by atoms with Crippen LogP contribution >= 0.6 is 0 Å². The van der Waals surface area contributed by atoms with Crippen LogP contribution in [-0.4, -0.2) is 24.8 Å².